The first-order chi connectivity index (χ1) is 17.7. The van der Waals surface area contributed by atoms with E-state index in [0.717, 1.165) is 11.1 Å². The van der Waals surface area contributed by atoms with E-state index in [0.29, 0.717) is 59.4 Å². The minimum Gasteiger partial charge on any atom is -0.478 e. The second-order valence-electron chi connectivity index (χ2n) is 7.84. The first kappa shape index (κ1) is 23.1. The van der Waals surface area contributed by atoms with Crippen LogP contribution in [0.1, 0.15) is 13.8 Å². The zero-order chi connectivity index (χ0) is 24.7. The van der Waals surface area contributed by atoms with E-state index in [1.807, 2.05) is 105 Å². The smallest absolute Gasteiger partial charge is 0.217 e. The van der Waals surface area contributed by atoms with E-state index in [9.17, 15) is 0 Å². The van der Waals surface area contributed by atoms with Crippen LogP contribution in [0, 0.1) is 0 Å². The maximum atomic E-state index is 5.74. The number of rotatable bonds is 8. The second-order valence-corrected chi connectivity index (χ2v) is 7.84. The largest absolute Gasteiger partial charge is 0.478 e. The summed E-state index contributed by atoms with van der Waals surface area (Å²) in [7, 11) is 0. The molecule has 0 aliphatic rings. The number of benzene rings is 2. The van der Waals surface area contributed by atoms with Crippen LogP contribution in [0.5, 0.6) is 11.8 Å². The molecule has 178 valence electrons. The fourth-order valence-electron chi connectivity index (χ4n) is 3.71. The van der Waals surface area contributed by atoms with Gasteiger partial charge < -0.3 is 9.47 Å². The average Bonchev–Trinajstić information content (AvgIpc) is 2.94. The Bertz CT molecular complexity index is 1350. The third-order valence-corrected chi connectivity index (χ3v) is 5.33. The van der Waals surface area contributed by atoms with Crippen LogP contribution < -0.4 is 9.47 Å². The van der Waals surface area contributed by atoms with Crippen LogP contribution in [0.3, 0.4) is 0 Å². The summed E-state index contributed by atoms with van der Waals surface area (Å²) in [6, 6.07) is 29.0. The molecule has 0 saturated carbocycles. The molecule has 5 rings (SSSR count). The molecule has 0 bridgehead atoms. The predicted octanol–water partition coefficient (Wildman–Crippen LogP) is 6.13. The molecule has 0 amide bonds. The molecule has 0 unspecified atom stereocenters. The van der Waals surface area contributed by atoms with Crippen molar-refractivity contribution in [2.24, 2.45) is 0 Å². The van der Waals surface area contributed by atoms with Crippen molar-refractivity contribution in [2.45, 2.75) is 13.8 Å². The van der Waals surface area contributed by atoms with Gasteiger partial charge in [-0.1, -0.05) is 66.7 Å². The Balaban J connectivity index is 1.59. The fraction of sp³-hybridized carbons (Fsp3) is 0.138. The summed E-state index contributed by atoms with van der Waals surface area (Å²) in [6.45, 7) is 4.86. The lowest BCUT2D eigenvalue weighted by atomic mass is 10.1. The molecule has 0 aliphatic heterocycles. The third kappa shape index (κ3) is 5.20. The van der Waals surface area contributed by atoms with Crippen molar-refractivity contribution in [3.05, 3.63) is 91.0 Å². The maximum absolute atomic E-state index is 5.74. The highest BCUT2D eigenvalue weighted by atomic mass is 16.5. The lowest BCUT2D eigenvalue weighted by molar-refractivity contribution is 0.326. The highest BCUT2D eigenvalue weighted by Gasteiger charge is 2.14. The van der Waals surface area contributed by atoms with Gasteiger partial charge in [0.15, 0.2) is 11.6 Å². The molecule has 0 aliphatic carbocycles. The summed E-state index contributed by atoms with van der Waals surface area (Å²) < 4.78 is 11.5. The number of hydrogen-bond acceptors (Lipinski definition) is 7. The Labute approximate surface area is 209 Å². The van der Waals surface area contributed by atoms with Crippen LogP contribution in [-0.2, 0) is 0 Å². The van der Waals surface area contributed by atoms with Gasteiger partial charge in [-0.3, -0.25) is 0 Å². The van der Waals surface area contributed by atoms with E-state index < -0.39 is 0 Å². The molecular weight excluding hydrogens is 450 g/mol. The Kier molecular flexibility index (Phi) is 6.89. The van der Waals surface area contributed by atoms with Gasteiger partial charge in [-0.25, -0.2) is 15.0 Å². The summed E-state index contributed by atoms with van der Waals surface area (Å²) in [5.41, 5.74) is 4.51. The Morgan fingerprint density at radius 3 is 1.33 bits per heavy atom. The SMILES string of the molecule is CCOc1cc(-c2cccc(-c3cc(OCC)nc(-c4ccccc4)n3)n2)nc(-c2ccccc2)n1. The molecule has 0 spiro atoms. The Morgan fingerprint density at radius 1 is 0.472 bits per heavy atom. The van der Waals surface area contributed by atoms with Gasteiger partial charge in [0.25, 0.3) is 0 Å². The zero-order valence-electron chi connectivity index (χ0n) is 20.1. The van der Waals surface area contributed by atoms with Gasteiger partial charge in [-0.2, -0.15) is 9.97 Å². The van der Waals surface area contributed by atoms with Crippen LogP contribution in [0.2, 0.25) is 0 Å². The molecule has 3 aromatic heterocycles. The molecule has 0 fully saturated rings. The van der Waals surface area contributed by atoms with Crippen LogP contribution in [0.25, 0.3) is 45.6 Å². The average molecular weight is 476 g/mol. The zero-order valence-corrected chi connectivity index (χ0v) is 20.1. The fourth-order valence-corrected chi connectivity index (χ4v) is 3.71. The van der Waals surface area contributed by atoms with Gasteiger partial charge in [-0.05, 0) is 26.0 Å². The van der Waals surface area contributed by atoms with Crippen molar-refractivity contribution in [2.75, 3.05) is 13.2 Å². The van der Waals surface area contributed by atoms with Gasteiger partial charge >= 0.3 is 0 Å². The monoisotopic (exact) mass is 475 g/mol. The molecule has 2 aromatic carbocycles. The number of ether oxygens (including phenoxy) is 2. The minimum atomic E-state index is 0.501. The van der Waals surface area contributed by atoms with Gasteiger partial charge in [0.05, 0.1) is 36.0 Å². The maximum Gasteiger partial charge on any atom is 0.217 e. The predicted molar refractivity (Wildman–Crippen MR) is 139 cm³/mol. The van der Waals surface area contributed by atoms with Crippen LogP contribution in [0.15, 0.2) is 91.0 Å². The number of aromatic nitrogens is 5. The quantitative estimate of drug-likeness (QED) is 0.267. The number of pyridine rings is 1. The standard InChI is InChI=1S/C29H25N5O2/c1-3-35-26-18-24(31-28(33-26)20-12-7-5-8-13-20)22-16-11-17-23(30-22)25-19-27(36-4-2)34-29(32-25)21-14-9-6-10-15-21/h5-19H,3-4H2,1-2H3. The van der Waals surface area contributed by atoms with E-state index in [2.05, 4.69) is 9.97 Å². The van der Waals surface area contributed by atoms with Gasteiger partial charge in [0.1, 0.15) is 0 Å². The van der Waals surface area contributed by atoms with Crippen molar-refractivity contribution < 1.29 is 9.47 Å². The molecular formula is C29H25N5O2. The lowest BCUT2D eigenvalue weighted by Gasteiger charge is -2.11. The molecule has 3 heterocycles. The molecule has 36 heavy (non-hydrogen) atoms. The minimum absolute atomic E-state index is 0.501. The molecule has 7 heteroatoms. The van der Waals surface area contributed by atoms with Gasteiger partial charge in [0, 0.05) is 23.3 Å². The summed E-state index contributed by atoms with van der Waals surface area (Å²) >= 11 is 0. The van der Waals surface area contributed by atoms with E-state index in [-0.39, 0.29) is 0 Å². The first-order valence-corrected chi connectivity index (χ1v) is 11.9. The second kappa shape index (κ2) is 10.7. The Hall–Kier alpha value is -4.65. The van der Waals surface area contributed by atoms with Crippen molar-refractivity contribution in [1.82, 2.24) is 24.9 Å². The molecule has 0 radical (unpaired) electrons. The third-order valence-electron chi connectivity index (χ3n) is 5.33. The molecule has 0 N–H and O–H groups in total. The van der Waals surface area contributed by atoms with Gasteiger partial charge in [-0.15, -0.1) is 0 Å². The van der Waals surface area contributed by atoms with Crippen molar-refractivity contribution >= 4 is 0 Å². The number of hydrogen-bond donors (Lipinski definition) is 0. The topological polar surface area (TPSA) is 82.9 Å². The van der Waals surface area contributed by atoms with E-state index in [1.165, 1.54) is 0 Å². The lowest BCUT2D eigenvalue weighted by Crippen LogP contribution is -2.02. The highest BCUT2D eigenvalue weighted by molar-refractivity contribution is 5.67. The van der Waals surface area contributed by atoms with Crippen LogP contribution in [0.4, 0.5) is 0 Å². The normalized spacial score (nSPS) is 10.7. The highest BCUT2D eigenvalue weighted by Crippen LogP contribution is 2.28. The van der Waals surface area contributed by atoms with E-state index in [4.69, 9.17) is 24.4 Å². The molecule has 5 aromatic rings. The molecule has 7 nitrogen and oxygen atoms in total. The molecule has 0 saturated heterocycles. The summed E-state index contributed by atoms with van der Waals surface area (Å²) in [5.74, 6) is 2.16. The van der Waals surface area contributed by atoms with Crippen molar-refractivity contribution in [3.63, 3.8) is 0 Å². The van der Waals surface area contributed by atoms with Crippen LogP contribution >= 0.6 is 0 Å². The summed E-state index contributed by atoms with van der Waals surface area (Å²) in [5, 5.41) is 0. The Morgan fingerprint density at radius 2 is 0.917 bits per heavy atom. The first-order valence-electron chi connectivity index (χ1n) is 11.9. The summed E-state index contributed by atoms with van der Waals surface area (Å²) in [6.07, 6.45) is 0. The van der Waals surface area contributed by atoms with Crippen LogP contribution in [-0.4, -0.2) is 38.1 Å². The van der Waals surface area contributed by atoms with E-state index in [1.54, 1.807) is 0 Å². The molecule has 0 atom stereocenters. The number of nitrogens with zero attached hydrogens (tertiary/aromatic N) is 5. The van der Waals surface area contributed by atoms with E-state index >= 15 is 0 Å². The van der Waals surface area contributed by atoms with Crippen molar-refractivity contribution in [1.29, 1.82) is 0 Å². The summed E-state index contributed by atoms with van der Waals surface area (Å²) in [4.78, 5) is 23.6. The van der Waals surface area contributed by atoms with Gasteiger partial charge in [0.2, 0.25) is 11.8 Å². The van der Waals surface area contributed by atoms with Crippen molar-refractivity contribution in [3.8, 4) is 57.3 Å².